The van der Waals surface area contributed by atoms with Crippen molar-refractivity contribution in [1.82, 2.24) is 25.1 Å². The standard InChI is InChI=1S/C15H22N6/c1-20(14(9-16)13-7-8-13)11-15-17-18-19-21(15)10-12-5-3-2-4-6-12/h2-6,13-14H,7-11,16H2,1H3. The molecular weight excluding hydrogens is 264 g/mol. The van der Waals surface area contributed by atoms with Crippen molar-refractivity contribution in [2.24, 2.45) is 11.7 Å². The SMILES string of the molecule is CN(Cc1nnnn1Cc1ccccc1)C(CN)C1CC1. The number of aromatic nitrogens is 4. The molecule has 1 atom stereocenters. The summed E-state index contributed by atoms with van der Waals surface area (Å²) in [5.74, 6) is 1.64. The van der Waals surface area contributed by atoms with Gasteiger partial charge in [0.05, 0.1) is 13.1 Å². The van der Waals surface area contributed by atoms with Crippen LogP contribution < -0.4 is 5.73 Å². The molecule has 112 valence electrons. The zero-order valence-electron chi connectivity index (χ0n) is 12.4. The highest BCUT2D eigenvalue weighted by molar-refractivity contribution is 5.14. The van der Waals surface area contributed by atoms with Crippen LogP contribution >= 0.6 is 0 Å². The first-order chi connectivity index (χ1) is 10.3. The van der Waals surface area contributed by atoms with E-state index >= 15 is 0 Å². The Morgan fingerprint density at radius 2 is 2.10 bits per heavy atom. The minimum absolute atomic E-state index is 0.437. The van der Waals surface area contributed by atoms with E-state index in [-0.39, 0.29) is 0 Å². The van der Waals surface area contributed by atoms with Gasteiger partial charge in [-0.25, -0.2) is 4.68 Å². The molecule has 0 aliphatic heterocycles. The van der Waals surface area contributed by atoms with Gasteiger partial charge in [-0.2, -0.15) is 0 Å². The second kappa shape index (κ2) is 6.32. The maximum atomic E-state index is 5.91. The lowest BCUT2D eigenvalue weighted by atomic mass is 10.1. The number of tetrazole rings is 1. The molecule has 0 spiro atoms. The van der Waals surface area contributed by atoms with E-state index in [1.165, 1.54) is 18.4 Å². The van der Waals surface area contributed by atoms with Gasteiger partial charge in [0.25, 0.3) is 0 Å². The van der Waals surface area contributed by atoms with Gasteiger partial charge in [-0.05, 0) is 41.8 Å². The minimum atomic E-state index is 0.437. The average Bonchev–Trinajstić information content (AvgIpc) is 3.24. The largest absolute Gasteiger partial charge is 0.329 e. The van der Waals surface area contributed by atoms with Crippen molar-refractivity contribution in [1.29, 1.82) is 0 Å². The van der Waals surface area contributed by atoms with E-state index in [1.807, 2.05) is 22.9 Å². The molecule has 3 rings (SSSR count). The van der Waals surface area contributed by atoms with Crippen LogP contribution in [0.25, 0.3) is 0 Å². The molecule has 0 bridgehead atoms. The highest BCUT2D eigenvalue weighted by atomic mass is 15.5. The third kappa shape index (κ3) is 3.46. The summed E-state index contributed by atoms with van der Waals surface area (Å²) in [6, 6.07) is 10.7. The smallest absolute Gasteiger partial charge is 0.165 e. The number of rotatable bonds is 7. The first-order valence-corrected chi connectivity index (χ1v) is 7.47. The molecule has 1 unspecified atom stereocenters. The zero-order valence-corrected chi connectivity index (χ0v) is 12.4. The van der Waals surface area contributed by atoms with Crippen molar-refractivity contribution >= 4 is 0 Å². The summed E-state index contributed by atoms with van der Waals surface area (Å²) < 4.78 is 1.87. The molecule has 1 aromatic carbocycles. The van der Waals surface area contributed by atoms with Crippen LogP contribution in [0.2, 0.25) is 0 Å². The predicted octanol–water partition coefficient (Wildman–Crippen LogP) is 0.890. The van der Waals surface area contributed by atoms with E-state index in [1.54, 1.807) is 0 Å². The number of hydrogen-bond donors (Lipinski definition) is 1. The Balaban J connectivity index is 1.67. The molecule has 6 nitrogen and oxygen atoms in total. The summed E-state index contributed by atoms with van der Waals surface area (Å²) in [6.45, 7) is 2.13. The minimum Gasteiger partial charge on any atom is -0.329 e. The van der Waals surface area contributed by atoms with Crippen molar-refractivity contribution < 1.29 is 0 Å². The number of likely N-dealkylation sites (N-methyl/N-ethyl adjacent to an activating group) is 1. The van der Waals surface area contributed by atoms with Gasteiger partial charge < -0.3 is 5.73 Å². The summed E-state index contributed by atoms with van der Waals surface area (Å²) in [7, 11) is 2.11. The van der Waals surface area contributed by atoms with Crippen LogP contribution in [0.4, 0.5) is 0 Å². The lowest BCUT2D eigenvalue weighted by Crippen LogP contribution is -2.39. The Labute approximate surface area is 124 Å². The molecule has 1 aromatic heterocycles. The normalized spacial score (nSPS) is 16.3. The van der Waals surface area contributed by atoms with Gasteiger partial charge in [-0.3, -0.25) is 4.90 Å². The van der Waals surface area contributed by atoms with Gasteiger partial charge in [0, 0.05) is 12.6 Å². The number of hydrogen-bond acceptors (Lipinski definition) is 5. The van der Waals surface area contributed by atoms with Gasteiger partial charge in [-0.15, -0.1) is 5.10 Å². The molecule has 1 saturated carbocycles. The van der Waals surface area contributed by atoms with Crippen molar-refractivity contribution in [2.75, 3.05) is 13.6 Å². The van der Waals surface area contributed by atoms with Gasteiger partial charge in [-0.1, -0.05) is 30.3 Å². The van der Waals surface area contributed by atoms with E-state index in [9.17, 15) is 0 Å². The molecular formula is C15H22N6. The molecule has 1 heterocycles. The monoisotopic (exact) mass is 286 g/mol. The average molecular weight is 286 g/mol. The third-order valence-electron chi connectivity index (χ3n) is 4.15. The van der Waals surface area contributed by atoms with E-state index in [0.29, 0.717) is 19.1 Å². The van der Waals surface area contributed by atoms with Gasteiger partial charge in [0.2, 0.25) is 0 Å². The number of nitrogens with zero attached hydrogens (tertiary/aromatic N) is 5. The Kier molecular flexibility index (Phi) is 4.26. The molecule has 1 fully saturated rings. The fourth-order valence-electron chi connectivity index (χ4n) is 2.77. The molecule has 0 amide bonds. The van der Waals surface area contributed by atoms with Crippen LogP contribution in [0.1, 0.15) is 24.2 Å². The van der Waals surface area contributed by atoms with Crippen LogP contribution in [0.3, 0.4) is 0 Å². The molecule has 0 radical (unpaired) electrons. The van der Waals surface area contributed by atoms with Gasteiger partial charge in [0.1, 0.15) is 0 Å². The Hall–Kier alpha value is -1.79. The second-order valence-corrected chi connectivity index (χ2v) is 5.79. The van der Waals surface area contributed by atoms with Crippen molar-refractivity contribution in [3.63, 3.8) is 0 Å². The molecule has 2 N–H and O–H groups in total. The van der Waals surface area contributed by atoms with Crippen LogP contribution in [0.15, 0.2) is 30.3 Å². The summed E-state index contributed by atoms with van der Waals surface area (Å²) in [5.41, 5.74) is 7.11. The summed E-state index contributed by atoms with van der Waals surface area (Å²) in [6.07, 6.45) is 2.59. The van der Waals surface area contributed by atoms with E-state index < -0.39 is 0 Å². The van der Waals surface area contributed by atoms with E-state index in [2.05, 4.69) is 39.6 Å². The molecule has 0 saturated heterocycles. The lowest BCUT2D eigenvalue weighted by Gasteiger charge is -2.26. The number of benzene rings is 1. The second-order valence-electron chi connectivity index (χ2n) is 5.79. The first-order valence-electron chi connectivity index (χ1n) is 7.47. The van der Waals surface area contributed by atoms with Gasteiger partial charge >= 0.3 is 0 Å². The molecule has 6 heteroatoms. The topological polar surface area (TPSA) is 72.9 Å². The van der Waals surface area contributed by atoms with Crippen LogP contribution in [0, 0.1) is 5.92 Å². The Bertz CT molecular complexity index is 563. The lowest BCUT2D eigenvalue weighted by molar-refractivity contribution is 0.207. The predicted molar refractivity (Wildman–Crippen MR) is 80.4 cm³/mol. The van der Waals surface area contributed by atoms with Crippen molar-refractivity contribution in [3.05, 3.63) is 41.7 Å². The highest BCUT2D eigenvalue weighted by Gasteiger charge is 2.33. The highest BCUT2D eigenvalue weighted by Crippen LogP contribution is 2.34. The third-order valence-corrected chi connectivity index (χ3v) is 4.15. The van der Waals surface area contributed by atoms with Crippen LogP contribution in [-0.4, -0.2) is 44.7 Å². The summed E-state index contributed by atoms with van der Waals surface area (Å²) >= 11 is 0. The van der Waals surface area contributed by atoms with Crippen molar-refractivity contribution in [3.8, 4) is 0 Å². The summed E-state index contributed by atoms with van der Waals surface area (Å²) in [4.78, 5) is 2.28. The summed E-state index contributed by atoms with van der Waals surface area (Å²) in [5, 5.41) is 12.1. The molecule has 1 aliphatic carbocycles. The van der Waals surface area contributed by atoms with Gasteiger partial charge in [0.15, 0.2) is 5.82 Å². The maximum absolute atomic E-state index is 5.91. The Morgan fingerprint density at radius 1 is 1.33 bits per heavy atom. The number of nitrogens with two attached hydrogens (primary N) is 1. The molecule has 2 aromatic rings. The van der Waals surface area contributed by atoms with E-state index in [0.717, 1.165) is 18.3 Å². The van der Waals surface area contributed by atoms with E-state index in [4.69, 9.17) is 5.73 Å². The maximum Gasteiger partial charge on any atom is 0.165 e. The molecule has 1 aliphatic rings. The fraction of sp³-hybridized carbons (Fsp3) is 0.533. The quantitative estimate of drug-likeness (QED) is 0.818. The fourth-order valence-corrected chi connectivity index (χ4v) is 2.77. The van der Waals surface area contributed by atoms with Crippen LogP contribution in [0.5, 0.6) is 0 Å². The first kappa shape index (κ1) is 14.2. The Morgan fingerprint density at radius 3 is 2.76 bits per heavy atom. The zero-order chi connectivity index (χ0) is 14.7. The molecule has 21 heavy (non-hydrogen) atoms. The van der Waals surface area contributed by atoms with Crippen LogP contribution in [-0.2, 0) is 13.1 Å². The van der Waals surface area contributed by atoms with Crippen molar-refractivity contribution in [2.45, 2.75) is 32.0 Å².